The molecule has 2 bridgehead atoms. The lowest BCUT2D eigenvalue weighted by molar-refractivity contribution is 0.916. The summed E-state index contributed by atoms with van der Waals surface area (Å²) in [6.07, 6.45) is 27.8. The van der Waals surface area contributed by atoms with Crippen molar-refractivity contribution in [1.29, 1.82) is 0 Å². The van der Waals surface area contributed by atoms with E-state index in [-0.39, 0.29) is 5.92 Å². The normalized spacial score (nSPS) is 16.3. The Kier molecular flexibility index (Phi) is 10.8. The van der Waals surface area contributed by atoms with Gasteiger partial charge >= 0.3 is 0 Å². The monoisotopic (exact) mass is 864 g/mol. The van der Waals surface area contributed by atoms with Crippen molar-refractivity contribution >= 4 is 57.9 Å². The van der Waals surface area contributed by atoms with E-state index < -0.39 is 0 Å². The van der Waals surface area contributed by atoms with Gasteiger partial charge in [0.05, 0.1) is 0 Å². The summed E-state index contributed by atoms with van der Waals surface area (Å²) in [4.78, 5) is 2.12. The van der Waals surface area contributed by atoms with Crippen molar-refractivity contribution in [3.8, 4) is 33.4 Å². The van der Waals surface area contributed by atoms with Crippen LogP contribution in [-0.2, 0) is 19.3 Å². The molecule has 0 aliphatic heterocycles. The van der Waals surface area contributed by atoms with Crippen molar-refractivity contribution in [2.24, 2.45) is 5.92 Å². The third-order valence-electron chi connectivity index (χ3n) is 14.8. The highest BCUT2D eigenvalue weighted by molar-refractivity contribution is 7.80. The number of thiol groups is 2. The molecular weight excluding hydrogens is 809 g/mol. The number of hydrogen-bond acceptors (Lipinski definition) is 2. The van der Waals surface area contributed by atoms with Crippen LogP contribution < -0.4 is 0 Å². The molecule has 6 aromatic carbocycles. The van der Waals surface area contributed by atoms with Crippen LogP contribution in [0.1, 0.15) is 88.4 Å². The summed E-state index contributed by atoms with van der Waals surface area (Å²) in [5, 5.41) is 5.24. The zero-order valence-corrected chi connectivity index (χ0v) is 40.1. The van der Waals surface area contributed by atoms with Gasteiger partial charge in [-0.1, -0.05) is 147 Å². The van der Waals surface area contributed by atoms with Crippen LogP contribution in [0.3, 0.4) is 0 Å². The Hall–Kier alpha value is -5.80. The SMILES string of the molecule is C=C/C=C\C(=C/C)c1cccc(-c2c3c(C)c(S)c(C)c4c3c(c3c(CCC)c(C)c(C)c(S)c23)-c2cccc3c2-c2c(cc(C5=CC6C=CC=CC(=C6C)C(=C)C=C5)cc2C4)C3)c1. The highest BCUT2D eigenvalue weighted by Crippen LogP contribution is 2.57. The maximum atomic E-state index is 5.57. The molecule has 4 aliphatic rings. The van der Waals surface area contributed by atoms with Crippen LogP contribution in [0.25, 0.3) is 66.1 Å². The summed E-state index contributed by atoms with van der Waals surface area (Å²) in [5.74, 6) is 0.187. The molecule has 10 rings (SSSR count). The molecule has 0 N–H and O–H groups in total. The van der Waals surface area contributed by atoms with E-state index in [9.17, 15) is 0 Å². The Morgan fingerprint density at radius 1 is 0.719 bits per heavy atom. The van der Waals surface area contributed by atoms with Gasteiger partial charge in [0.1, 0.15) is 0 Å². The Morgan fingerprint density at radius 3 is 2.27 bits per heavy atom. The molecule has 1 unspecified atom stereocenters. The number of benzene rings is 6. The molecule has 1 atom stereocenters. The molecule has 2 heteroatoms. The van der Waals surface area contributed by atoms with Crippen molar-refractivity contribution in [2.45, 2.75) is 83.9 Å². The first-order valence-corrected chi connectivity index (χ1v) is 23.8. The van der Waals surface area contributed by atoms with E-state index in [0.29, 0.717) is 0 Å². The quantitative estimate of drug-likeness (QED) is 0.0890. The van der Waals surface area contributed by atoms with Gasteiger partial charge in [-0.25, -0.2) is 0 Å². The molecule has 0 saturated heterocycles. The maximum absolute atomic E-state index is 5.57. The first-order chi connectivity index (χ1) is 31.0. The van der Waals surface area contributed by atoms with Crippen molar-refractivity contribution < 1.29 is 0 Å². The summed E-state index contributed by atoms with van der Waals surface area (Å²) < 4.78 is 0. The Balaban J connectivity index is 1.36. The van der Waals surface area contributed by atoms with Crippen molar-refractivity contribution in [3.05, 3.63) is 213 Å². The van der Waals surface area contributed by atoms with E-state index in [4.69, 9.17) is 25.3 Å². The summed E-state index contributed by atoms with van der Waals surface area (Å²) in [6, 6.07) is 21.3. The third-order valence-corrected chi connectivity index (χ3v) is 16.0. The lowest BCUT2D eigenvalue weighted by atomic mass is 9.74. The van der Waals surface area contributed by atoms with Gasteiger partial charge in [0, 0.05) is 21.1 Å². The standard InChI is InChI=1S/C62H56S2/c1-10-13-19-40(12-3)42-21-16-22-45(29-42)56-53-39(9)61(63)38(8)52-33-48-32-46(43-27-26-34(4)49-24-15-14-20-41(28-43)37(49)7)31-47-30-44-23-17-25-51(55(44)54(47)48)58(59(52)53)57-50(18-11-2)35(5)36(6)62(64)60(56)57/h10,12-17,19-29,31-32,41,63-64H,1,4,11,18,30,33H2,2-3,5-9H3/b19-13-,27-26?,40-12+,43-28?. The minimum absolute atomic E-state index is 0.187. The molecular formula is C62H56S2. The molecule has 0 amide bonds. The fourth-order valence-electron chi connectivity index (χ4n) is 11.4. The van der Waals surface area contributed by atoms with Crippen molar-refractivity contribution in [2.75, 3.05) is 0 Å². The van der Waals surface area contributed by atoms with E-state index in [1.54, 1.807) is 0 Å². The molecule has 316 valence electrons. The molecule has 0 heterocycles. The van der Waals surface area contributed by atoms with Gasteiger partial charge in [-0.2, -0.15) is 0 Å². The zero-order valence-electron chi connectivity index (χ0n) is 38.3. The zero-order chi connectivity index (χ0) is 44.7. The van der Waals surface area contributed by atoms with Gasteiger partial charge in [0.2, 0.25) is 0 Å². The highest BCUT2D eigenvalue weighted by atomic mass is 32.1. The minimum Gasteiger partial charge on any atom is -0.143 e. The van der Waals surface area contributed by atoms with Gasteiger partial charge in [0.15, 0.2) is 0 Å². The number of fused-ring (bicyclic) bond motifs is 4. The number of allylic oxidation sites excluding steroid dienone is 16. The summed E-state index contributed by atoms with van der Waals surface area (Å²) in [6.45, 7) is 24.4. The van der Waals surface area contributed by atoms with Crippen LogP contribution in [0.2, 0.25) is 0 Å². The summed E-state index contributed by atoms with van der Waals surface area (Å²) in [5.41, 5.74) is 28.5. The summed E-state index contributed by atoms with van der Waals surface area (Å²) >= 11 is 11.0. The van der Waals surface area contributed by atoms with Crippen LogP contribution in [0, 0.1) is 33.6 Å². The molecule has 0 fully saturated rings. The lowest BCUT2D eigenvalue weighted by Gasteiger charge is -2.30. The van der Waals surface area contributed by atoms with Gasteiger partial charge in [-0.15, -0.1) is 25.3 Å². The molecule has 0 saturated carbocycles. The van der Waals surface area contributed by atoms with Crippen LogP contribution in [0.15, 0.2) is 161 Å². The minimum atomic E-state index is 0.187. The van der Waals surface area contributed by atoms with Gasteiger partial charge in [-0.3, -0.25) is 0 Å². The van der Waals surface area contributed by atoms with Crippen LogP contribution in [0.5, 0.6) is 0 Å². The fraction of sp³-hybridized carbons (Fsp3) is 0.194. The molecule has 0 nitrogen and oxygen atoms in total. The Labute approximate surface area is 391 Å². The van der Waals surface area contributed by atoms with E-state index in [1.165, 1.54) is 133 Å². The Bertz CT molecular complexity index is 3320. The first-order valence-electron chi connectivity index (χ1n) is 22.9. The van der Waals surface area contributed by atoms with Gasteiger partial charge < -0.3 is 0 Å². The van der Waals surface area contributed by atoms with Crippen LogP contribution in [0.4, 0.5) is 0 Å². The average molecular weight is 865 g/mol. The topological polar surface area (TPSA) is 0 Å². The molecule has 0 radical (unpaired) electrons. The van der Waals surface area contributed by atoms with Crippen molar-refractivity contribution in [1.82, 2.24) is 0 Å². The highest BCUT2D eigenvalue weighted by Gasteiger charge is 2.34. The Morgan fingerprint density at radius 2 is 1.50 bits per heavy atom. The largest absolute Gasteiger partial charge is 0.143 e. The predicted octanol–water partition coefficient (Wildman–Crippen LogP) is 17.3. The number of rotatable bonds is 7. The number of aryl methyl sites for hydroxylation is 2. The van der Waals surface area contributed by atoms with Crippen molar-refractivity contribution in [3.63, 3.8) is 0 Å². The first kappa shape index (κ1) is 42.2. The summed E-state index contributed by atoms with van der Waals surface area (Å²) in [7, 11) is 0. The van der Waals surface area contributed by atoms with Gasteiger partial charge in [0.25, 0.3) is 0 Å². The molecule has 0 aromatic heterocycles. The van der Waals surface area contributed by atoms with Gasteiger partial charge in [-0.05, 0) is 200 Å². The number of hydrogen-bond donors (Lipinski definition) is 2. The molecule has 64 heavy (non-hydrogen) atoms. The second-order valence-corrected chi connectivity index (χ2v) is 19.2. The van der Waals surface area contributed by atoms with Crippen LogP contribution >= 0.6 is 25.3 Å². The second kappa shape index (κ2) is 16.3. The van der Waals surface area contributed by atoms with E-state index in [0.717, 1.165) is 46.6 Å². The predicted molar refractivity (Wildman–Crippen MR) is 285 cm³/mol. The third kappa shape index (κ3) is 6.43. The second-order valence-electron chi connectivity index (χ2n) is 18.3. The molecule has 6 aromatic rings. The maximum Gasteiger partial charge on any atom is 0.0175 e. The molecule has 4 aliphatic carbocycles. The fourth-order valence-corrected chi connectivity index (χ4v) is 12.1. The smallest absolute Gasteiger partial charge is 0.0175 e. The lowest BCUT2D eigenvalue weighted by Crippen LogP contribution is -2.08. The van der Waals surface area contributed by atoms with Crippen LogP contribution in [-0.4, -0.2) is 0 Å². The van der Waals surface area contributed by atoms with E-state index in [1.807, 2.05) is 12.2 Å². The average Bonchev–Trinajstić information content (AvgIpc) is 3.57. The van der Waals surface area contributed by atoms with E-state index in [2.05, 4.69) is 171 Å². The molecule has 0 spiro atoms. The van der Waals surface area contributed by atoms with E-state index >= 15 is 0 Å².